The van der Waals surface area contributed by atoms with Crippen LogP contribution < -0.4 is 4.74 Å². The first-order chi connectivity index (χ1) is 10.1. The number of phenols is 1. The summed E-state index contributed by atoms with van der Waals surface area (Å²) in [6, 6.07) is 11.5. The number of hydrogen-bond donors (Lipinski definition) is 1. The van der Waals surface area contributed by atoms with Gasteiger partial charge in [0.1, 0.15) is 18.1 Å². The Morgan fingerprint density at radius 2 is 2.10 bits per heavy atom. The zero-order valence-corrected chi connectivity index (χ0v) is 12.7. The van der Waals surface area contributed by atoms with Gasteiger partial charge in [0.25, 0.3) is 0 Å². The molecule has 3 rings (SSSR count). The van der Waals surface area contributed by atoms with Gasteiger partial charge in [0.05, 0.1) is 5.02 Å². The predicted molar refractivity (Wildman–Crippen MR) is 83.9 cm³/mol. The third kappa shape index (κ3) is 3.14. The van der Waals surface area contributed by atoms with Gasteiger partial charge in [0.2, 0.25) is 0 Å². The molecule has 0 saturated carbocycles. The van der Waals surface area contributed by atoms with Crippen LogP contribution in [0, 0.1) is 6.92 Å². The van der Waals surface area contributed by atoms with E-state index >= 15 is 0 Å². The number of rotatable bonds is 2. The van der Waals surface area contributed by atoms with Crippen molar-refractivity contribution in [2.24, 2.45) is 0 Å². The van der Waals surface area contributed by atoms with E-state index < -0.39 is 0 Å². The quantitative estimate of drug-likeness (QED) is 0.917. The van der Waals surface area contributed by atoms with Crippen LogP contribution in [0.25, 0.3) is 0 Å². The second kappa shape index (κ2) is 5.96. The first-order valence-electron chi connectivity index (χ1n) is 7.04. The normalized spacial score (nSPS) is 15.1. The molecule has 0 aliphatic carbocycles. The van der Waals surface area contributed by atoms with Crippen LogP contribution >= 0.6 is 11.6 Å². The van der Waals surface area contributed by atoms with Gasteiger partial charge < -0.3 is 9.84 Å². The van der Waals surface area contributed by atoms with E-state index in [1.54, 1.807) is 6.07 Å². The summed E-state index contributed by atoms with van der Waals surface area (Å²) in [5.41, 5.74) is 3.17. The van der Waals surface area contributed by atoms with Crippen LogP contribution in [0.2, 0.25) is 5.02 Å². The molecule has 0 unspecified atom stereocenters. The molecule has 1 aliphatic heterocycles. The Bertz CT molecular complexity index is 657. The lowest BCUT2D eigenvalue weighted by atomic mass is 10.1. The van der Waals surface area contributed by atoms with Crippen molar-refractivity contribution in [3.8, 4) is 11.5 Å². The average molecular weight is 304 g/mol. The number of fused-ring (bicyclic) bond motifs is 1. The van der Waals surface area contributed by atoms with Crippen molar-refractivity contribution in [2.45, 2.75) is 20.0 Å². The SMILES string of the molecule is Cc1cc(Cl)c2c(c1)CN(Cc1ccccc1O)CCO2. The molecule has 2 aromatic rings. The molecule has 2 aromatic carbocycles. The van der Waals surface area contributed by atoms with Gasteiger partial charge in [0.15, 0.2) is 0 Å². The monoisotopic (exact) mass is 303 g/mol. The lowest BCUT2D eigenvalue weighted by Gasteiger charge is -2.20. The highest BCUT2D eigenvalue weighted by atomic mass is 35.5. The van der Waals surface area contributed by atoms with Crippen LogP contribution in [0.4, 0.5) is 0 Å². The molecule has 0 fully saturated rings. The Morgan fingerprint density at radius 1 is 1.29 bits per heavy atom. The zero-order valence-electron chi connectivity index (χ0n) is 12.0. The molecule has 0 radical (unpaired) electrons. The van der Waals surface area contributed by atoms with Crippen molar-refractivity contribution in [3.63, 3.8) is 0 Å². The molecule has 110 valence electrons. The van der Waals surface area contributed by atoms with Gasteiger partial charge >= 0.3 is 0 Å². The molecule has 0 amide bonds. The smallest absolute Gasteiger partial charge is 0.142 e. The topological polar surface area (TPSA) is 32.7 Å². The molecule has 1 N–H and O–H groups in total. The Morgan fingerprint density at radius 3 is 2.90 bits per heavy atom. The van der Waals surface area contributed by atoms with E-state index in [9.17, 15) is 5.11 Å². The van der Waals surface area contributed by atoms with Crippen molar-refractivity contribution in [2.75, 3.05) is 13.2 Å². The summed E-state index contributed by atoms with van der Waals surface area (Å²) in [5.74, 6) is 1.13. The van der Waals surface area contributed by atoms with Gasteiger partial charge in [-0.05, 0) is 24.6 Å². The minimum atomic E-state index is 0.338. The van der Waals surface area contributed by atoms with Crippen molar-refractivity contribution in [1.82, 2.24) is 4.90 Å². The Balaban J connectivity index is 1.84. The minimum absolute atomic E-state index is 0.338. The number of hydrogen-bond acceptors (Lipinski definition) is 3. The maximum absolute atomic E-state index is 9.92. The lowest BCUT2D eigenvalue weighted by Crippen LogP contribution is -2.25. The summed E-state index contributed by atoms with van der Waals surface area (Å²) < 4.78 is 5.80. The van der Waals surface area contributed by atoms with Crippen LogP contribution in [-0.4, -0.2) is 23.2 Å². The summed E-state index contributed by atoms with van der Waals surface area (Å²) in [7, 11) is 0. The number of para-hydroxylation sites is 1. The molecule has 1 aliphatic rings. The third-order valence-electron chi connectivity index (χ3n) is 3.70. The number of aromatic hydroxyl groups is 1. The summed E-state index contributed by atoms with van der Waals surface area (Å²) in [6.45, 7) is 4.90. The van der Waals surface area contributed by atoms with E-state index in [1.165, 1.54) is 0 Å². The first kappa shape index (κ1) is 14.2. The highest BCUT2D eigenvalue weighted by Crippen LogP contribution is 2.33. The second-order valence-corrected chi connectivity index (χ2v) is 5.83. The van der Waals surface area contributed by atoms with Crippen molar-refractivity contribution in [3.05, 3.63) is 58.1 Å². The molecule has 0 atom stereocenters. The maximum Gasteiger partial charge on any atom is 0.142 e. The number of ether oxygens (including phenoxy) is 1. The van der Waals surface area contributed by atoms with Gasteiger partial charge in [-0.1, -0.05) is 35.9 Å². The maximum atomic E-state index is 9.92. The highest BCUT2D eigenvalue weighted by Gasteiger charge is 2.19. The van der Waals surface area contributed by atoms with Gasteiger partial charge in [-0.15, -0.1) is 0 Å². The van der Waals surface area contributed by atoms with E-state index in [0.29, 0.717) is 23.9 Å². The molecule has 0 saturated heterocycles. The highest BCUT2D eigenvalue weighted by molar-refractivity contribution is 6.32. The minimum Gasteiger partial charge on any atom is -0.508 e. The Kier molecular flexibility index (Phi) is 4.04. The fraction of sp³-hybridized carbons (Fsp3) is 0.294. The first-order valence-corrected chi connectivity index (χ1v) is 7.42. The number of halogens is 1. The van der Waals surface area contributed by atoms with E-state index in [1.807, 2.05) is 31.2 Å². The average Bonchev–Trinajstić information content (AvgIpc) is 2.63. The number of nitrogens with zero attached hydrogens (tertiary/aromatic N) is 1. The Labute approximate surface area is 129 Å². The van der Waals surface area contributed by atoms with Crippen molar-refractivity contribution < 1.29 is 9.84 Å². The van der Waals surface area contributed by atoms with Gasteiger partial charge in [0, 0.05) is 30.8 Å². The summed E-state index contributed by atoms with van der Waals surface area (Å²) in [6.07, 6.45) is 0. The van der Waals surface area contributed by atoms with E-state index in [4.69, 9.17) is 16.3 Å². The van der Waals surface area contributed by atoms with Crippen LogP contribution in [0.5, 0.6) is 11.5 Å². The van der Waals surface area contributed by atoms with Crippen LogP contribution in [0.1, 0.15) is 16.7 Å². The summed E-state index contributed by atoms with van der Waals surface area (Å²) in [4.78, 5) is 2.26. The molecule has 0 aromatic heterocycles. The largest absolute Gasteiger partial charge is 0.508 e. The molecule has 1 heterocycles. The molecule has 21 heavy (non-hydrogen) atoms. The Hall–Kier alpha value is -1.71. The van der Waals surface area contributed by atoms with E-state index in [0.717, 1.165) is 35.5 Å². The van der Waals surface area contributed by atoms with Gasteiger partial charge in [-0.3, -0.25) is 4.90 Å². The van der Waals surface area contributed by atoms with Crippen LogP contribution in [-0.2, 0) is 13.1 Å². The number of phenolic OH excluding ortho intramolecular Hbond substituents is 1. The van der Waals surface area contributed by atoms with Crippen LogP contribution in [0.15, 0.2) is 36.4 Å². The number of aryl methyl sites for hydroxylation is 1. The molecule has 0 bridgehead atoms. The summed E-state index contributed by atoms with van der Waals surface area (Å²) >= 11 is 6.27. The fourth-order valence-corrected chi connectivity index (χ4v) is 3.05. The van der Waals surface area contributed by atoms with E-state index in [2.05, 4.69) is 11.0 Å². The van der Waals surface area contributed by atoms with Crippen molar-refractivity contribution >= 4 is 11.6 Å². The molecule has 4 heteroatoms. The molecular formula is C17H18ClNO2. The fourth-order valence-electron chi connectivity index (χ4n) is 2.70. The predicted octanol–water partition coefficient (Wildman–Crippen LogP) is 3.75. The lowest BCUT2D eigenvalue weighted by molar-refractivity contribution is 0.218. The third-order valence-corrected chi connectivity index (χ3v) is 3.98. The van der Waals surface area contributed by atoms with Crippen LogP contribution in [0.3, 0.4) is 0 Å². The van der Waals surface area contributed by atoms with Gasteiger partial charge in [-0.25, -0.2) is 0 Å². The standard InChI is InChI=1S/C17H18ClNO2/c1-12-8-14-11-19(6-7-21-17(14)15(18)9-12)10-13-4-2-3-5-16(13)20/h2-5,8-9,20H,6-7,10-11H2,1H3. The number of benzene rings is 2. The van der Waals surface area contributed by atoms with Crippen molar-refractivity contribution in [1.29, 1.82) is 0 Å². The molecule has 3 nitrogen and oxygen atoms in total. The van der Waals surface area contributed by atoms with Gasteiger partial charge in [-0.2, -0.15) is 0 Å². The second-order valence-electron chi connectivity index (χ2n) is 5.42. The molecule has 0 spiro atoms. The van der Waals surface area contributed by atoms with E-state index in [-0.39, 0.29) is 0 Å². The summed E-state index contributed by atoms with van der Waals surface area (Å²) in [5, 5.41) is 10.6. The zero-order chi connectivity index (χ0) is 14.8. The molecular weight excluding hydrogens is 286 g/mol.